The zero-order valence-corrected chi connectivity index (χ0v) is 19.4. The number of carbonyl (C=O) groups excluding carboxylic acids is 3. The second-order valence-corrected chi connectivity index (χ2v) is 9.20. The number of benzene rings is 1. The van der Waals surface area contributed by atoms with Crippen molar-refractivity contribution in [2.24, 2.45) is 11.7 Å². The van der Waals surface area contributed by atoms with Crippen molar-refractivity contribution in [2.75, 3.05) is 25.5 Å². The van der Waals surface area contributed by atoms with Gasteiger partial charge < -0.3 is 15.8 Å². The van der Waals surface area contributed by atoms with Gasteiger partial charge in [-0.2, -0.15) is 0 Å². The molecule has 1 atom stereocenters. The number of carbonyl (C=O) groups is 3. The Kier molecular flexibility index (Phi) is 6.71. The summed E-state index contributed by atoms with van der Waals surface area (Å²) in [6, 6.07) is 11.0. The minimum absolute atomic E-state index is 0.140. The van der Waals surface area contributed by atoms with Gasteiger partial charge in [0.25, 0.3) is 5.91 Å². The molecule has 2 aromatic heterocycles. The second kappa shape index (κ2) is 9.68. The minimum atomic E-state index is -0.528. The fourth-order valence-electron chi connectivity index (χ4n) is 4.13. The lowest BCUT2D eigenvalue weighted by atomic mass is 9.97. The Morgan fingerprint density at radius 2 is 2.03 bits per heavy atom. The van der Waals surface area contributed by atoms with Gasteiger partial charge >= 0.3 is 5.97 Å². The van der Waals surface area contributed by atoms with Crippen LogP contribution in [0.4, 0.5) is 5.69 Å². The summed E-state index contributed by atoms with van der Waals surface area (Å²) in [5.74, 6) is -1.23. The number of thiophene rings is 1. The summed E-state index contributed by atoms with van der Waals surface area (Å²) in [6.45, 7) is 3.93. The summed E-state index contributed by atoms with van der Waals surface area (Å²) >= 11 is 1.19. The van der Waals surface area contributed by atoms with E-state index in [9.17, 15) is 14.4 Å². The zero-order chi connectivity index (χ0) is 23.5. The van der Waals surface area contributed by atoms with Gasteiger partial charge in [-0.1, -0.05) is 18.2 Å². The van der Waals surface area contributed by atoms with Gasteiger partial charge in [0.15, 0.2) is 0 Å². The number of nitrogens with zero attached hydrogens (tertiary/aromatic N) is 2. The number of pyridine rings is 1. The number of methoxy groups -OCH3 is 1. The van der Waals surface area contributed by atoms with E-state index in [1.165, 1.54) is 18.4 Å². The van der Waals surface area contributed by atoms with Gasteiger partial charge in [0.05, 0.1) is 24.4 Å². The lowest BCUT2D eigenvalue weighted by Crippen LogP contribution is -2.40. The van der Waals surface area contributed by atoms with Gasteiger partial charge in [-0.05, 0) is 50.1 Å². The summed E-state index contributed by atoms with van der Waals surface area (Å²) in [7, 11) is 1.31. The van der Waals surface area contributed by atoms with Crippen LogP contribution in [0.25, 0.3) is 10.2 Å². The predicted molar refractivity (Wildman–Crippen MR) is 127 cm³/mol. The van der Waals surface area contributed by atoms with Gasteiger partial charge in [0, 0.05) is 24.0 Å². The van der Waals surface area contributed by atoms with E-state index in [0.29, 0.717) is 39.4 Å². The molecule has 1 unspecified atom stereocenters. The van der Waals surface area contributed by atoms with Crippen LogP contribution in [0.1, 0.15) is 44.1 Å². The fourth-order valence-corrected chi connectivity index (χ4v) is 5.20. The fraction of sp³-hybridized carbons (Fsp3) is 0.333. The van der Waals surface area contributed by atoms with E-state index in [-0.39, 0.29) is 17.7 Å². The maximum absolute atomic E-state index is 12.9. The van der Waals surface area contributed by atoms with Crippen LogP contribution >= 0.6 is 11.3 Å². The van der Waals surface area contributed by atoms with E-state index < -0.39 is 5.97 Å². The predicted octanol–water partition coefficient (Wildman–Crippen LogP) is 3.34. The van der Waals surface area contributed by atoms with Crippen molar-refractivity contribution in [3.8, 4) is 0 Å². The average molecular weight is 467 g/mol. The monoisotopic (exact) mass is 466 g/mol. The molecular formula is C24H26N4O4S. The van der Waals surface area contributed by atoms with Gasteiger partial charge in [-0.15, -0.1) is 11.3 Å². The normalized spacial score (nSPS) is 16.5. The molecule has 172 valence electrons. The van der Waals surface area contributed by atoms with Crippen molar-refractivity contribution in [3.63, 3.8) is 0 Å². The first-order valence-electron chi connectivity index (χ1n) is 10.8. The molecule has 1 saturated heterocycles. The molecule has 0 aliphatic carbocycles. The maximum Gasteiger partial charge on any atom is 0.350 e. The molecule has 1 aromatic carbocycles. The average Bonchev–Trinajstić information content (AvgIpc) is 3.16. The van der Waals surface area contributed by atoms with Crippen molar-refractivity contribution >= 4 is 45.0 Å². The van der Waals surface area contributed by atoms with E-state index in [1.807, 2.05) is 31.2 Å². The number of piperidine rings is 1. The van der Waals surface area contributed by atoms with Crippen molar-refractivity contribution in [1.29, 1.82) is 0 Å². The molecule has 3 heterocycles. The molecule has 0 bridgehead atoms. The lowest BCUT2D eigenvalue weighted by Gasteiger charge is -2.30. The molecule has 9 heteroatoms. The largest absolute Gasteiger partial charge is 0.465 e. The first-order chi connectivity index (χ1) is 15.9. The lowest BCUT2D eigenvalue weighted by molar-refractivity contribution is -0.123. The molecule has 4 rings (SSSR count). The maximum atomic E-state index is 12.9. The third kappa shape index (κ3) is 4.89. The van der Waals surface area contributed by atoms with E-state index in [2.05, 4.69) is 10.2 Å². The quantitative estimate of drug-likeness (QED) is 0.539. The van der Waals surface area contributed by atoms with E-state index >= 15 is 0 Å². The molecule has 33 heavy (non-hydrogen) atoms. The summed E-state index contributed by atoms with van der Waals surface area (Å²) in [4.78, 5) is 44.8. The molecule has 2 amide bonds. The highest BCUT2D eigenvalue weighted by Crippen LogP contribution is 2.36. The number of amides is 2. The molecule has 1 aliphatic heterocycles. The van der Waals surface area contributed by atoms with Crippen LogP contribution in [0.2, 0.25) is 0 Å². The van der Waals surface area contributed by atoms with E-state index in [0.717, 1.165) is 30.6 Å². The number of anilines is 1. The number of nitrogens with one attached hydrogen (secondary N) is 1. The van der Waals surface area contributed by atoms with Crippen molar-refractivity contribution in [3.05, 3.63) is 58.1 Å². The molecule has 0 radical (unpaired) electrons. The number of primary amides is 1. The van der Waals surface area contributed by atoms with Gasteiger partial charge in [-0.3, -0.25) is 14.5 Å². The minimum Gasteiger partial charge on any atom is -0.465 e. The Morgan fingerprint density at radius 1 is 1.24 bits per heavy atom. The third-order valence-electron chi connectivity index (χ3n) is 5.91. The van der Waals surface area contributed by atoms with Crippen LogP contribution in [-0.4, -0.2) is 47.9 Å². The summed E-state index contributed by atoms with van der Waals surface area (Å²) < 4.78 is 4.94. The second-order valence-electron chi connectivity index (χ2n) is 8.20. The van der Waals surface area contributed by atoms with Crippen LogP contribution in [0.3, 0.4) is 0 Å². The zero-order valence-electron chi connectivity index (χ0n) is 18.6. The van der Waals surface area contributed by atoms with Gasteiger partial charge in [-0.25, -0.2) is 9.78 Å². The SMILES string of the molecule is COC(=O)c1sc2nc(CN3CCCC(C(N)=O)C3)ccc2c1NC(=O)c1ccccc1C. The number of ether oxygens (including phenoxy) is 1. The number of aryl methyl sites for hydroxylation is 1. The standard InChI is InChI=1S/C24H26N4O4S/c1-14-6-3-4-8-17(14)22(30)27-19-18-10-9-16(26-23(18)33-20(19)24(31)32-2)13-28-11-5-7-15(12-28)21(25)29/h3-4,6,8-10,15H,5,7,11-13H2,1-2H3,(H2,25,29)(H,27,30). The topological polar surface area (TPSA) is 115 Å². The highest BCUT2D eigenvalue weighted by molar-refractivity contribution is 7.21. The van der Waals surface area contributed by atoms with E-state index in [4.69, 9.17) is 15.5 Å². The highest BCUT2D eigenvalue weighted by Gasteiger charge is 2.26. The molecule has 0 saturated carbocycles. The third-order valence-corrected chi connectivity index (χ3v) is 6.99. The Balaban J connectivity index is 1.63. The molecule has 8 nitrogen and oxygen atoms in total. The van der Waals surface area contributed by atoms with Gasteiger partial charge in [0.1, 0.15) is 9.71 Å². The summed E-state index contributed by atoms with van der Waals surface area (Å²) in [6.07, 6.45) is 1.73. The Hall–Kier alpha value is -3.30. The molecule has 3 aromatic rings. The Morgan fingerprint density at radius 3 is 2.76 bits per heavy atom. The number of nitrogens with two attached hydrogens (primary N) is 1. The molecule has 1 aliphatic rings. The number of aromatic nitrogens is 1. The van der Waals surface area contributed by atoms with E-state index in [1.54, 1.807) is 12.1 Å². The molecular weight excluding hydrogens is 440 g/mol. The Bertz CT molecular complexity index is 1220. The number of likely N-dealkylation sites (tertiary alicyclic amines) is 1. The molecule has 1 fully saturated rings. The Labute approximate surface area is 195 Å². The molecule has 0 spiro atoms. The first kappa shape index (κ1) is 22.9. The van der Waals surface area contributed by atoms with Gasteiger partial charge in [0.2, 0.25) is 5.91 Å². The summed E-state index contributed by atoms with van der Waals surface area (Å²) in [5.41, 5.74) is 8.09. The number of hydrogen-bond donors (Lipinski definition) is 2. The molecule has 3 N–H and O–H groups in total. The number of rotatable bonds is 6. The van der Waals surface area contributed by atoms with Crippen LogP contribution in [0.15, 0.2) is 36.4 Å². The van der Waals surface area contributed by atoms with Crippen molar-refractivity contribution in [1.82, 2.24) is 9.88 Å². The van der Waals surface area contributed by atoms with Crippen LogP contribution in [0.5, 0.6) is 0 Å². The number of hydrogen-bond acceptors (Lipinski definition) is 7. The number of esters is 1. The van der Waals surface area contributed by atoms with Crippen LogP contribution in [-0.2, 0) is 16.1 Å². The van der Waals surface area contributed by atoms with Crippen molar-refractivity contribution < 1.29 is 19.1 Å². The van der Waals surface area contributed by atoms with Crippen LogP contribution in [0, 0.1) is 12.8 Å². The van der Waals surface area contributed by atoms with Crippen LogP contribution < -0.4 is 11.1 Å². The first-order valence-corrected chi connectivity index (χ1v) is 11.6. The number of fused-ring (bicyclic) bond motifs is 1. The smallest absolute Gasteiger partial charge is 0.350 e. The highest BCUT2D eigenvalue weighted by atomic mass is 32.1. The van der Waals surface area contributed by atoms with Crippen molar-refractivity contribution in [2.45, 2.75) is 26.3 Å². The summed E-state index contributed by atoms with van der Waals surface area (Å²) in [5, 5.41) is 3.57.